The van der Waals surface area contributed by atoms with E-state index >= 15 is 0 Å². The molecular formula is C2H2Li2O2. The van der Waals surface area contributed by atoms with Gasteiger partial charge in [-0.05, 0) is 0 Å². The molecule has 6 heavy (non-hydrogen) atoms. The molecule has 0 unspecified atom stereocenters. The van der Waals surface area contributed by atoms with Crippen LogP contribution in [0.15, 0.2) is 12.5 Å². The van der Waals surface area contributed by atoms with Crippen molar-refractivity contribution in [3.8, 4) is 0 Å². The summed E-state index contributed by atoms with van der Waals surface area (Å²) in [4.78, 5) is 0. The molecule has 0 rings (SSSR count). The fourth-order valence-corrected chi connectivity index (χ4v) is 0. The van der Waals surface area contributed by atoms with Crippen molar-refractivity contribution in [2.24, 2.45) is 0 Å². The second kappa shape index (κ2) is 9.11. The van der Waals surface area contributed by atoms with Gasteiger partial charge >= 0.3 is 37.7 Å². The second-order valence-corrected chi connectivity index (χ2v) is 0.372. The maximum Gasteiger partial charge on any atom is 1.00 e. The van der Waals surface area contributed by atoms with E-state index in [1.54, 1.807) is 0 Å². The van der Waals surface area contributed by atoms with Crippen LogP contribution in [0.25, 0.3) is 0 Å². The second-order valence-electron chi connectivity index (χ2n) is 0.372. The summed E-state index contributed by atoms with van der Waals surface area (Å²) in [6, 6.07) is 0. The van der Waals surface area contributed by atoms with Crippen molar-refractivity contribution in [2.45, 2.75) is 0 Å². The smallest absolute Gasteiger partial charge is 0.884 e. The maximum atomic E-state index is 8.78. The monoisotopic (exact) mass is 72.0 g/mol. The normalized spacial score (nSPS) is 4.00. The van der Waals surface area contributed by atoms with Crippen LogP contribution in [-0.4, -0.2) is 0 Å². The SMILES string of the molecule is C=C([O-])[O-].[Li+].[Li+]. The Morgan fingerprint density at radius 2 is 1.17 bits per heavy atom. The molecule has 0 radical (unpaired) electrons. The molecule has 0 amide bonds. The molecule has 0 aliphatic heterocycles. The van der Waals surface area contributed by atoms with E-state index in [1.807, 2.05) is 0 Å². The first-order valence-corrected chi connectivity index (χ1v) is 0.762. The molecule has 4 heteroatoms. The number of hydrogen-bond acceptors (Lipinski definition) is 2. The Labute approximate surface area is 60.6 Å². The van der Waals surface area contributed by atoms with Gasteiger partial charge in [-0.15, -0.1) is 6.58 Å². The molecular weight excluding hydrogens is 69.9 g/mol. The average Bonchev–Trinajstić information content (AvgIpc) is 0.811. The van der Waals surface area contributed by atoms with E-state index < -0.39 is 5.95 Å². The maximum absolute atomic E-state index is 8.78. The van der Waals surface area contributed by atoms with E-state index in [0.29, 0.717) is 0 Å². The molecule has 0 aliphatic rings. The summed E-state index contributed by atoms with van der Waals surface area (Å²) < 4.78 is 0. The summed E-state index contributed by atoms with van der Waals surface area (Å²) in [6.45, 7) is 2.44. The summed E-state index contributed by atoms with van der Waals surface area (Å²) in [7, 11) is 0. The van der Waals surface area contributed by atoms with Gasteiger partial charge in [0.1, 0.15) is 0 Å². The summed E-state index contributed by atoms with van der Waals surface area (Å²) in [5, 5.41) is 17.6. The van der Waals surface area contributed by atoms with Gasteiger partial charge in [0.05, 0.1) is 0 Å². The van der Waals surface area contributed by atoms with E-state index in [0.717, 1.165) is 0 Å². The standard InChI is InChI=1S/C2H4O2.2Li/c1-2(3)4;;/h3-4H,1H2;;/q;2*+1/p-2. The van der Waals surface area contributed by atoms with Gasteiger partial charge < -0.3 is 10.2 Å². The summed E-state index contributed by atoms with van der Waals surface area (Å²) in [6.07, 6.45) is 0. The zero-order valence-corrected chi connectivity index (χ0v) is 4.02. The molecule has 0 N–H and O–H groups in total. The van der Waals surface area contributed by atoms with E-state index in [4.69, 9.17) is 10.2 Å². The van der Waals surface area contributed by atoms with Gasteiger partial charge in [0.2, 0.25) is 0 Å². The van der Waals surface area contributed by atoms with Crippen molar-refractivity contribution >= 4 is 0 Å². The topological polar surface area (TPSA) is 46.1 Å². The first-order chi connectivity index (χ1) is 1.73. The number of rotatable bonds is 0. The molecule has 0 aromatic carbocycles. The minimum atomic E-state index is -1.33. The zero-order chi connectivity index (χ0) is 3.58. The molecule has 0 saturated carbocycles. The quantitative estimate of drug-likeness (QED) is 0.211. The summed E-state index contributed by atoms with van der Waals surface area (Å²) >= 11 is 0. The Kier molecular flexibility index (Phi) is 24.3. The Morgan fingerprint density at radius 1 is 1.17 bits per heavy atom. The van der Waals surface area contributed by atoms with Gasteiger partial charge in [-0.25, -0.2) is 5.95 Å². The molecule has 0 aliphatic carbocycles. The zero-order valence-electron chi connectivity index (χ0n) is 4.02. The predicted octanol–water partition coefficient (Wildman–Crippen LogP) is -7.81. The molecule has 24 valence electrons. The van der Waals surface area contributed by atoms with Crippen LogP contribution in [0.1, 0.15) is 0 Å². The first-order valence-electron chi connectivity index (χ1n) is 0.762. The Balaban J connectivity index is -0.0000000450. The molecule has 0 bridgehead atoms. The van der Waals surface area contributed by atoms with Crippen LogP contribution in [0.3, 0.4) is 0 Å². The average molecular weight is 71.9 g/mol. The summed E-state index contributed by atoms with van der Waals surface area (Å²) in [5.74, 6) is -1.33. The molecule has 0 heterocycles. The molecule has 0 fully saturated rings. The first kappa shape index (κ1) is 16.0. The third kappa shape index (κ3) is 198. The van der Waals surface area contributed by atoms with Gasteiger partial charge in [0.15, 0.2) is 0 Å². The van der Waals surface area contributed by atoms with Crippen molar-refractivity contribution < 1.29 is 47.9 Å². The molecule has 2 nitrogen and oxygen atoms in total. The Bertz CT molecular complexity index is 32.5. The van der Waals surface area contributed by atoms with Crippen LogP contribution in [0.2, 0.25) is 0 Å². The van der Waals surface area contributed by atoms with E-state index in [9.17, 15) is 0 Å². The van der Waals surface area contributed by atoms with Crippen LogP contribution < -0.4 is 47.9 Å². The van der Waals surface area contributed by atoms with Crippen molar-refractivity contribution in [2.75, 3.05) is 0 Å². The third-order valence-corrected chi connectivity index (χ3v) is 0. The fourth-order valence-electron chi connectivity index (χ4n) is 0. The molecule has 0 aromatic rings. The van der Waals surface area contributed by atoms with Crippen molar-refractivity contribution in [3.05, 3.63) is 12.5 Å². The van der Waals surface area contributed by atoms with E-state index in [1.165, 1.54) is 0 Å². The Hall–Kier alpha value is 0.535. The van der Waals surface area contributed by atoms with Crippen LogP contribution in [0, 0.1) is 0 Å². The molecule has 0 atom stereocenters. The van der Waals surface area contributed by atoms with Gasteiger partial charge in [-0.1, -0.05) is 0 Å². The van der Waals surface area contributed by atoms with E-state index in [2.05, 4.69) is 6.58 Å². The minimum Gasteiger partial charge on any atom is -0.884 e. The minimum absolute atomic E-state index is 0. The fraction of sp³-hybridized carbons (Fsp3) is 0. The van der Waals surface area contributed by atoms with Crippen LogP contribution >= 0.6 is 0 Å². The van der Waals surface area contributed by atoms with Gasteiger partial charge in [-0.2, -0.15) is 0 Å². The molecule has 0 spiro atoms. The van der Waals surface area contributed by atoms with Gasteiger partial charge in [0.25, 0.3) is 0 Å². The Morgan fingerprint density at radius 3 is 1.17 bits per heavy atom. The van der Waals surface area contributed by atoms with Crippen molar-refractivity contribution in [1.29, 1.82) is 0 Å². The van der Waals surface area contributed by atoms with E-state index in [-0.39, 0.29) is 37.7 Å². The van der Waals surface area contributed by atoms with Crippen LogP contribution in [-0.2, 0) is 0 Å². The van der Waals surface area contributed by atoms with Crippen LogP contribution in [0.4, 0.5) is 0 Å². The van der Waals surface area contributed by atoms with Crippen molar-refractivity contribution in [3.63, 3.8) is 0 Å². The molecule has 0 saturated heterocycles. The largest absolute Gasteiger partial charge is 1.00 e. The number of hydrogen-bond donors (Lipinski definition) is 0. The third-order valence-electron chi connectivity index (χ3n) is 0. The predicted molar refractivity (Wildman–Crippen MR) is 9.14 cm³/mol. The molecule has 0 aromatic heterocycles. The summed E-state index contributed by atoms with van der Waals surface area (Å²) in [5.41, 5.74) is 0. The van der Waals surface area contributed by atoms with Gasteiger partial charge in [-0.3, -0.25) is 0 Å². The van der Waals surface area contributed by atoms with Gasteiger partial charge in [0, 0.05) is 0 Å². The van der Waals surface area contributed by atoms with Crippen molar-refractivity contribution in [1.82, 2.24) is 0 Å². The van der Waals surface area contributed by atoms with Crippen LogP contribution in [0.5, 0.6) is 0 Å².